The molecule has 1 aromatic rings. The fourth-order valence-electron chi connectivity index (χ4n) is 1.25. The van der Waals surface area contributed by atoms with E-state index in [0.29, 0.717) is 5.71 Å². The highest BCUT2D eigenvalue weighted by Crippen LogP contribution is 2.15. The minimum absolute atomic E-state index is 0.494. The minimum atomic E-state index is 0.494. The first-order valence-corrected chi connectivity index (χ1v) is 4.19. The zero-order valence-corrected chi connectivity index (χ0v) is 7.96. The van der Waals surface area contributed by atoms with Gasteiger partial charge in [-0.25, -0.2) is 0 Å². The molecule has 0 radical (unpaired) electrons. The van der Waals surface area contributed by atoms with Crippen molar-refractivity contribution in [2.75, 3.05) is 0 Å². The summed E-state index contributed by atoms with van der Waals surface area (Å²) >= 11 is 0. The standard InChI is InChI=1S/C11H14N2/c1-8-4-3-5-10(6-8)11(7-12)9(2)13/h3-7,13H,12H2,1-2H3/b11-7+,13-9?. The van der Waals surface area contributed by atoms with Gasteiger partial charge in [0, 0.05) is 17.5 Å². The molecular weight excluding hydrogens is 160 g/mol. The average molecular weight is 174 g/mol. The predicted octanol–water partition coefficient (Wildman–Crippen LogP) is 2.33. The van der Waals surface area contributed by atoms with E-state index in [1.807, 2.05) is 31.2 Å². The second kappa shape index (κ2) is 3.90. The van der Waals surface area contributed by atoms with Crippen LogP contribution in [0.1, 0.15) is 18.1 Å². The first-order valence-electron chi connectivity index (χ1n) is 4.19. The SMILES string of the molecule is CC(=N)/C(=C\N)c1cccc(C)c1. The van der Waals surface area contributed by atoms with Crippen LogP contribution in [0, 0.1) is 12.3 Å². The Balaban J connectivity index is 3.14. The third-order valence-electron chi connectivity index (χ3n) is 1.90. The van der Waals surface area contributed by atoms with E-state index in [0.717, 1.165) is 11.1 Å². The molecule has 0 fully saturated rings. The highest BCUT2D eigenvalue weighted by Gasteiger charge is 2.02. The average Bonchev–Trinajstić information content (AvgIpc) is 2.04. The summed E-state index contributed by atoms with van der Waals surface area (Å²) < 4.78 is 0. The lowest BCUT2D eigenvalue weighted by Crippen LogP contribution is -1.98. The minimum Gasteiger partial charge on any atom is -0.404 e. The summed E-state index contributed by atoms with van der Waals surface area (Å²) in [5.74, 6) is 0. The second-order valence-corrected chi connectivity index (χ2v) is 3.07. The molecule has 0 aromatic heterocycles. The highest BCUT2D eigenvalue weighted by atomic mass is 14.5. The third kappa shape index (κ3) is 2.18. The van der Waals surface area contributed by atoms with E-state index < -0.39 is 0 Å². The molecule has 13 heavy (non-hydrogen) atoms. The quantitative estimate of drug-likeness (QED) is 0.664. The van der Waals surface area contributed by atoms with Gasteiger partial charge in [0.25, 0.3) is 0 Å². The molecule has 0 amide bonds. The Kier molecular flexibility index (Phi) is 2.85. The van der Waals surface area contributed by atoms with Gasteiger partial charge in [-0.3, -0.25) is 0 Å². The van der Waals surface area contributed by atoms with Gasteiger partial charge >= 0.3 is 0 Å². The number of allylic oxidation sites excluding steroid dienone is 1. The summed E-state index contributed by atoms with van der Waals surface area (Å²) in [7, 11) is 0. The van der Waals surface area contributed by atoms with Crippen molar-refractivity contribution in [2.45, 2.75) is 13.8 Å². The number of rotatable bonds is 2. The lowest BCUT2D eigenvalue weighted by Gasteiger charge is -2.05. The molecule has 1 aromatic carbocycles. The summed E-state index contributed by atoms with van der Waals surface area (Å²) in [5, 5.41) is 7.51. The monoisotopic (exact) mass is 174 g/mol. The Labute approximate surface area is 78.6 Å². The zero-order valence-electron chi connectivity index (χ0n) is 7.96. The van der Waals surface area contributed by atoms with E-state index in [1.165, 1.54) is 11.8 Å². The van der Waals surface area contributed by atoms with E-state index >= 15 is 0 Å². The number of hydrogen-bond donors (Lipinski definition) is 2. The summed E-state index contributed by atoms with van der Waals surface area (Å²) in [6.07, 6.45) is 1.48. The molecule has 68 valence electrons. The fourth-order valence-corrected chi connectivity index (χ4v) is 1.25. The number of benzene rings is 1. The van der Waals surface area contributed by atoms with Gasteiger partial charge in [0.1, 0.15) is 0 Å². The van der Waals surface area contributed by atoms with Gasteiger partial charge in [-0.05, 0) is 19.4 Å². The van der Waals surface area contributed by atoms with E-state index in [1.54, 1.807) is 6.92 Å². The van der Waals surface area contributed by atoms with Gasteiger partial charge in [-0.1, -0.05) is 29.8 Å². The predicted molar refractivity (Wildman–Crippen MR) is 56.7 cm³/mol. The van der Waals surface area contributed by atoms with Crippen LogP contribution in [0.4, 0.5) is 0 Å². The van der Waals surface area contributed by atoms with Crippen molar-refractivity contribution in [3.63, 3.8) is 0 Å². The van der Waals surface area contributed by atoms with Crippen molar-refractivity contribution < 1.29 is 0 Å². The number of aryl methyl sites for hydroxylation is 1. The summed E-state index contributed by atoms with van der Waals surface area (Å²) in [5.41, 5.74) is 8.93. The lowest BCUT2D eigenvalue weighted by atomic mass is 10.0. The van der Waals surface area contributed by atoms with Crippen LogP contribution >= 0.6 is 0 Å². The van der Waals surface area contributed by atoms with E-state index in [-0.39, 0.29) is 0 Å². The van der Waals surface area contributed by atoms with Crippen LogP contribution in [0.15, 0.2) is 30.5 Å². The molecule has 0 spiro atoms. The highest BCUT2D eigenvalue weighted by molar-refractivity contribution is 6.20. The molecule has 2 nitrogen and oxygen atoms in total. The Hall–Kier alpha value is -1.57. The van der Waals surface area contributed by atoms with Gasteiger partial charge in [0.05, 0.1) is 0 Å². The molecular formula is C11H14N2. The van der Waals surface area contributed by atoms with Gasteiger partial charge in [0.15, 0.2) is 0 Å². The molecule has 0 heterocycles. The van der Waals surface area contributed by atoms with Gasteiger partial charge < -0.3 is 11.1 Å². The molecule has 0 atom stereocenters. The molecule has 3 N–H and O–H groups in total. The maximum Gasteiger partial charge on any atom is 0.0375 e. The van der Waals surface area contributed by atoms with Crippen LogP contribution < -0.4 is 5.73 Å². The zero-order chi connectivity index (χ0) is 9.84. The number of nitrogens with one attached hydrogen (secondary N) is 1. The molecule has 2 heteroatoms. The second-order valence-electron chi connectivity index (χ2n) is 3.07. The topological polar surface area (TPSA) is 49.9 Å². The van der Waals surface area contributed by atoms with Crippen molar-refractivity contribution in [3.05, 3.63) is 41.6 Å². The molecule has 0 unspecified atom stereocenters. The largest absolute Gasteiger partial charge is 0.404 e. The maximum absolute atomic E-state index is 7.51. The first-order chi connectivity index (χ1) is 6.15. The van der Waals surface area contributed by atoms with E-state index in [4.69, 9.17) is 11.1 Å². The van der Waals surface area contributed by atoms with Crippen molar-refractivity contribution in [1.29, 1.82) is 5.41 Å². The fraction of sp³-hybridized carbons (Fsp3) is 0.182. The van der Waals surface area contributed by atoms with E-state index in [2.05, 4.69) is 0 Å². The van der Waals surface area contributed by atoms with Crippen LogP contribution in [0.5, 0.6) is 0 Å². The number of hydrogen-bond acceptors (Lipinski definition) is 2. The van der Waals surface area contributed by atoms with Crippen LogP contribution in [-0.4, -0.2) is 5.71 Å². The van der Waals surface area contributed by atoms with Gasteiger partial charge in [-0.2, -0.15) is 0 Å². The molecule has 0 saturated heterocycles. The molecule has 0 bridgehead atoms. The van der Waals surface area contributed by atoms with Crippen LogP contribution in [0.25, 0.3) is 5.57 Å². The van der Waals surface area contributed by atoms with Crippen molar-refractivity contribution in [2.24, 2.45) is 5.73 Å². The molecule has 0 aliphatic rings. The molecule has 0 aliphatic carbocycles. The Morgan fingerprint density at radius 1 is 1.46 bits per heavy atom. The smallest absolute Gasteiger partial charge is 0.0375 e. The first kappa shape index (κ1) is 9.52. The molecule has 0 saturated carbocycles. The Morgan fingerprint density at radius 3 is 2.62 bits per heavy atom. The van der Waals surface area contributed by atoms with Crippen LogP contribution in [0.2, 0.25) is 0 Å². The lowest BCUT2D eigenvalue weighted by molar-refractivity contribution is 1.43. The Morgan fingerprint density at radius 2 is 2.15 bits per heavy atom. The Bertz CT molecular complexity index is 351. The van der Waals surface area contributed by atoms with Crippen LogP contribution in [-0.2, 0) is 0 Å². The van der Waals surface area contributed by atoms with Crippen LogP contribution in [0.3, 0.4) is 0 Å². The van der Waals surface area contributed by atoms with Gasteiger partial charge in [0.2, 0.25) is 0 Å². The molecule has 0 aliphatic heterocycles. The van der Waals surface area contributed by atoms with Gasteiger partial charge in [-0.15, -0.1) is 0 Å². The summed E-state index contributed by atoms with van der Waals surface area (Å²) in [4.78, 5) is 0. The maximum atomic E-state index is 7.51. The summed E-state index contributed by atoms with van der Waals surface area (Å²) in [6, 6.07) is 7.98. The summed E-state index contributed by atoms with van der Waals surface area (Å²) in [6.45, 7) is 3.76. The van der Waals surface area contributed by atoms with Crippen molar-refractivity contribution in [3.8, 4) is 0 Å². The van der Waals surface area contributed by atoms with Crippen molar-refractivity contribution >= 4 is 11.3 Å². The van der Waals surface area contributed by atoms with E-state index in [9.17, 15) is 0 Å². The number of nitrogens with two attached hydrogens (primary N) is 1. The normalized spacial score (nSPS) is 11.4. The molecule has 1 rings (SSSR count). The van der Waals surface area contributed by atoms with Crippen molar-refractivity contribution in [1.82, 2.24) is 0 Å². The third-order valence-corrected chi connectivity index (χ3v) is 1.90.